The van der Waals surface area contributed by atoms with Crippen LogP contribution < -0.4 is 10.4 Å². The molecule has 3 aromatic rings. The molecule has 1 aromatic heterocycles. The third-order valence-electron chi connectivity index (χ3n) is 3.62. The maximum absolute atomic E-state index is 12.4. The van der Waals surface area contributed by atoms with Crippen molar-refractivity contribution in [2.24, 2.45) is 0 Å². The Morgan fingerprint density at radius 2 is 1.91 bits per heavy atom. The second kappa shape index (κ2) is 7.00. The zero-order chi connectivity index (χ0) is 16.1. The minimum atomic E-state index is -0.216. The van der Waals surface area contributed by atoms with Gasteiger partial charge in [-0.25, -0.2) is 0 Å². The number of nitrogens with one attached hydrogen (secondary N) is 1. The minimum absolute atomic E-state index is 0.146. The molecule has 0 fully saturated rings. The number of carbonyl (C=O) groups excluding carboxylic acids is 1. The van der Waals surface area contributed by atoms with Gasteiger partial charge < -0.3 is 10.1 Å². The lowest BCUT2D eigenvalue weighted by atomic mass is 10.1. The van der Waals surface area contributed by atoms with Gasteiger partial charge in [0.25, 0.3) is 0 Å². The van der Waals surface area contributed by atoms with Gasteiger partial charge in [-0.05, 0) is 23.8 Å². The van der Waals surface area contributed by atoms with Crippen LogP contribution in [0.15, 0.2) is 66.9 Å². The fraction of sp³-hybridized carbons (Fsp3) is 0.111. The predicted octanol–water partition coefficient (Wildman–Crippen LogP) is 2.75. The van der Waals surface area contributed by atoms with Crippen molar-refractivity contribution in [2.75, 3.05) is 11.4 Å². The van der Waals surface area contributed by atoms with E-state index in [1.54, 1.807) is 11.1 Å². The molecule has 116 valence electrons. The average Bonchev–Trinajstić information content (AvgIpc) is 2.60. The van der Waals surface area contributed by atoms with E-state index in [0.717, 1.165) is 22.2 Å². The second-order valence-corrected chi connectivity index (χ2v) is 5.18. The SMILES string of the molecule is O=C(CNO)N(Cc1ccccc1)c1ccc2cccnc2c1. The van der Waals surface area contributed by atoms with Crippen molar-refractivity contribution < 1.29 is 10.0 Å². The number of pyridine rings is 1. The molecular weight excluding hydrogens is 290 g/mol. The summed E-state index contributed by atoms with van der Waals surface area (Å²) in [6, 6.07) is 19.3. The largest absolute Gasteiger partial charge is 0.316 e. The van der Waals surface area contributed by atoms with Crippen LogP contribution in [0.4, 0.5) is 5.69 Å². The van der Waals surface area contributed by atoms with Gasteiger partial charge in [-0.2, -0.15) is 5.48 Å². The normalized spacial score (nSPS) is 10.7. The standard InChI is InChI=1S/C18H17N3O2/c22-18(12-20-23)21(13-14-5-2-1-3-6-14)16-9-8-15-7-4-10-19-17(15)11-16/h1-11,20,23H,12-13H2. The Morgan fingerprint density at radius 1 is 1.09 bits per heavy atom. The van der Waals surface area contributed by atoms with Crippen molar-refractivity contribution >= 4 is 22.5 Å². The van der Waals surface area contributed by atoms with E-state index in [0.29, 0.717) is 6.54 Å². The van der Waals surface area contributed by atoms with Gasteiger partial charge in [-0.1, -0.05) is 42.5 Å². The molecule has 1 heterocycles. The van der Waals surface area contributed by atoms with Crippen LogP contribution in [-0.2, 0) is 11.3 Å². The third-order valence-corrected chi connectivity index (χ3v) is 3.62. The highest BCUT2D eigenvalue weighted by Gasteiger charge is 2.16. The summed E-state index contributed by atoms with van der Waals surface area (Å²) in [4.78, 5) is 18.3. The first-order valence-corrected chi connectivity index (χ1v) is 7.34. The summed E-state index contributed by atoms with van der Waals surface area (Å²) in [6.07, 6.45) is 1.73. The molecule has 23 heavy (non-hydrogen) atoms. The Labute approximate surface area is 134 Å². The molecule has 0 bridgehead atoms. The van der Waals surface area contributed by atoms with E-state index in [1.807, 2.05) is 66.1 Å². The molecule has 0 aliphatic heterocycles. The Bertz CT molecular complexity index is 805. The van der Waals surface area contributed by atoms with Crippen molar-refractivity contribution in [3.8, 4) is 0 Å². The first kappa shape index (κ1) is 15.1. The van der Waals surface area contributed by atoms with Crippen LogP contribution in [0.5, 0.6) is 0 Å². The number of amides is 1. The van der Waals surface area contributed by atoms with Crippen molar-refractivity contribution in [3.63, 3.8) is 0 Å². The fourth-order valence-electron chi connectivity index (χ4n) is 2.48. The quantitative estimate of drug-likeness (QED) is 0.711. The van der Waals surface area contributed by atoms with Gasteiger partial charge in [0, 0.05) is 17.3 Å². The van der Waals surface area contributed by atoms with Crippen LogP contribution in [0.25, 0.3) is 10.9 Å². The van der Waals surface area contributed by atoms with Crippen LogP contribution in [0.2, 0.25) is 0 Å². The number of fused-ring (bicyclic) bond motifs is 1. The maximum atomic E-state index is 12.4. The monoisotopic (exact) mass is 307 g/mol. The number of hydroxylamine groups is 1. The molecular formula is C18H17N3O2. The van der Waals surface area contributed by atoms with Gasteiger partial charge >= 0.3 is 0 Å². The van der Waals surface area contributed by atoms with Crippen LogP contribution in [0.3, 0.4) is 0 Å². The number of benzene rings is 2. The molecule has 2 aromatic carbocycles. The summed E-state index contributed by atoms with van der Waals surface area (Å²) in [7, 11) is 0. The Kier molecular flexibility index (Phi) is 4.61. The summed E-state index contributed by atoms with van der Waals surface area (Å²) in [5, 5.41) is 9.88. The van der Waals surface area contributed by atoms with Crippen LogP contribution >= 0.6 is 0 Å². The van der Waals surface area contributed by atoms with E-state index in [4.69, 9.17) is 5.21 Å². The van der Waals surface area contributed by atoms with E-state index < -0.39 is 0 Å². The average molecular weight is 307 g/mol. The van der Waals surface area contributed by atoms with Crippen molar-refractivity contribution in [2.45, 2.75) is 6.54 Å². The lowest BCUT2D eigenvalue weighted by Gasteiger charge is -2.23. The molecule has 0 aliphatic carbocycles. The van der Waals surface area contributed by atoms with Crippen molar-refractivity contribution in [3.05, 3.63) is 72.4 Å². The molecule has 0 saturated heterocycles. The first-order chi connectivity index (χ1) is 11.3. The molecule has 5 heteroatoms. The van der Waals surface area contributed by atoms with Gasteiger partial charge in [-0.15, -0.1) is 0 Å². The number of rotatable bonds is 5. The Balaban J connectivity index is 1.97. The minimum Gasteiger partial charge on any atom is -0.316 e. The highest BCUT2D eigenvalue weighted by atomic mass is 16.5. The van der Waals surface area contributed by atoms with Gasteiger partial charge in [0.05, 0.1) is 12.1 Å². The number of aromatic nitrogens is 1. The second-order valence-electron chi connectivity index (χ2n) is 5.18. The van der Waals surface area contributed by atoms with Gasteiger partial charge in [0.1, 0.15) is 6.54 Å². The van der Waals surface area contributed by atoms with Crippen LogP contribution in [0, 0.1) is 0 Å². The van der Waals surface area contributed by atoms with Gasteiger partial charge in [0.15, 0.2) is 0 Å². The Morgan fingerprint density at radius 3 is 2.70 bits per heavy atom. The summed E-state index contributed by atoms with van der Waals surface area (Å²) < 4.78 is 0. The molecule has 2 N–H and O–H groups in total. The fourth-order valence-corrected chi connectivity index (χ4v) is 2.48. The molecule has 3 rings (SSSR count). The van der Waals surface area contributed by atoms with E-state index in [9.17, 15) is 4.79 Å². The summed E-state index contributed by atoms with van der Waals surface area (Å²) in [6.45, 7) is 0.285. The highest BCUT2D eigenvalue weighted by Crippen LogP contribution is 2.22. The first-order valence-electron chi connectivity index (χ1n) is 7.34. The van der Waals surface area contributed by atoms with Gasteiger partial charge in [0.2, 0.25) is 5.91 Å². The van der Waals surface area contributed by atoms with E-state index in [-0.39, 0.29) is 12.5 Å². The summed E-state index contributed by atoms with van der Waals surface area (Å²) in [5.74, 6) is -0.216. The molecule has 0 radical (unpaired) electrons. The lowest BCUT2D eigenvalue weighted by Crippen LogP contribution is -2.37. The smallest absolute Gasteiger partial charge is 0.243 e. The number of hydrogen-bond acceptors (Lipinski definition) is 4. The molecule has 0 aliphatic rings. The summed E-state index contributed by atoms with van der Waals surface area (Å²) >= 11 is 0. The van der Waals surface area contributed by atoms with Crippen LogP contribution in [0.1, 0.15) is 5.56 Å². The van der Waals surface area contributed by atoms with E-state index in [2.05, 4.69) is 4.98 Å². The molecule has 0 saturated carbocycles. The third kappa shape index (κ3) is 3.53. The van der Waals surface area contributed by atoms with Crippen molar-refractivity contribution in [1.29, 1.82) is 0 Å². The van der Waals surface area contributed by atoms with E-state index >= 15 is 0 Å². The molecule has 5 nitrogen and oxygen atoms in total. The molecule has 0 spiro atoms. The van der Waals surface area contributed by atoms with Crippen LogP contribution in [-0.4, -0.2) is 22.6 Å². The number of nitrogens with zero attached hydrogens (tertiary/aromatic N) is 2. The zero-order valence-electron chi connectivity index (χ0n) is 12.5. The number of carbonyl (C=O) groups is 1. The maximum Gasteiger partial charge on any atom is 0.243 e. The summed E-state index contributed by atoms with van der Waals surface area (Å²) in [5.41, 5.74) is 4.52. The Hall–Kier alpha value is -2.76. The zero-order valence-corrected chi connectivity index (χ0v) is 12.5. The van der Waals surface area contributed by atoms with Gasteiger partial charge in [-0.3, -0.25) is 9.78 Å². The van der Waals surface area contributed by atoms with Crippen molar-refractivity contribution in [1.82, 2.24) is 10.5 Å². The molecule has 0 atom stereocenters. The molecule has 0 unspecified atom stereocenters. The predicted molar refractivity (Wildman–Crippen MR) is 89.2 cm³/mol. The topological polar surface area (TPSA) is 65.5 Å². The molecule has 1 amide bonds. The number of anilines is 1. The van der Waals surface area contributed by atoms with E-state index in [1.165, 1.54) is 0 Å². The lowest BCUT2D eigenvalue weighted by molar-refractivity contribution is -0.119. The number of hydrogen-bond donors (Lipinski definition) is 2. The highest BCUT2D eigenvalue weighted by molar-refractivity contribution is 5.96.